The highest BCUT2D eigenvalue weighted by Crippen LogP contribution is 2.08. The molecule has 27 heavy (non-hydrogen) atoms. The van der Waals surface area contributed by atoms with Gasteiger partial charge in [-0.1, -0.05) is 25.5 Å². The van der Waals surface area contributed by atoms with E-state index in [1.165, 1.54) is 0 Å². The van der Waals surface area contributed by atoms with Crippen LogP contribution in [0.15, 0.2) is 52.1 Å². The Balaban J connectivity index is 0.00000364. The molecule has 6 nitrogen and oxygen atoms in total. The molecule has 0 spiro atoms. The predicted molar refractivity (Wildman–Crippen MR) is 119 cm³/mol. The highest BCUT2D eigenvalue weighted by Gasteiger charge is 2.07. The molecular weight excluding hydrogens is 455 g/mol. The fourth-order valence-corrected chi connectivity index (χ4v) is 2.39. The van der Waals surface area contributed by atoms with E-state index in [9.17, 15) is 4.79 Å². The van der Waals surface area contributed by atoms with Gasteiger partial charge in [-0.3, -0.25) is 4.79 Å². The average Bonchev–Trinajstić information content (AvgIpc) is 3.18. The first-order chi connectivity index (χ1) is 12.7. The molecule has 148 valence electrons. The SMILES string of the molecule is CCCCNC(=NCc1cccc(C(=O)NCc2ccco2)c1)NCC.I. The lowest BCUT2D eigenvalue weighted by atomic mass is 10.1. The molecule has 2 aromatic rings. The number of aliphatic imine (C=N–C) groups is 1. The Morgan fingerprint density at radius 3 is 2.67 bits per heavy atom. The van der Waals surface area contributed by atoms with E-state index in [-0.39, 0.29) is 29.9 Å². The number of carbonyl (C=O) groups excluding carboxylic acids is 1. The summed E-state index contributed by atoms with van der Waals surface area (Å²) in [6, 6.07) is 11.2. The van der Waals surface area contributed by atoms with Crippen molar-refractivity contribution in [2.45, 2.75) is 39.8 Å². The summed E-state index contributed by atoms with van der Waals surface area (Å²) < 4.78 is 5.23. The minimum absolute atomic E-state index is 0. The van der Waals surface area contributed by atoms with Crippen LogP contribution in [-0.4, -0.2) is 25.0 Å². The van der Waals surface area contributed by atoms with Crippen LogP contribution in [-0.2, 0) is 13.1 Å². The van der Waals surface area contributed by atoms with Gasteiger partial charge in [-0.2, -0.15) is 0 Å². The molecule has 0 unspecified atom stereocenters. The monoisotopic (exact) mass is 484 g/mol. The number of rotatable bonds is 9. The molecule has 1 aromatic heterocycles. The van der Waals surface area contributed by atoms with E-state index in [2.05, 4.69) is 27.9 Å². The number of guanidine groups is 1. The van der Waals surface area contributed by atoms with Crippen molar-refractivity contribution in [1.82, 2.24) is 16.0 Å². The van der Waals surface area contributed by atoms with Gasteiger partial charge < -0.3 is 20.4 Å². The Labute approximate surface area is 178 Å². The molecule has 0 fully saturated rings. The van der Waals surface area contributed by atoms with Gasteiger partial charge in [0.2, 0.25) is 0 Å². The third kappa shape index (κ3) is 8.47. The molecule has 0 atom stereocenters. The van der Waals surface area contributed by atoms with E-state index in [4.69, 9.17) is 4.42 Å². The fraction of sp³-hybridized carbons (Fsp3) is 0.400. The summed E-state index contributed by atoms with van der Waals surface area (Å²) in [5, 5.41) is 9.40. The molecular formula is C20H29IN4O2. The summed E-state index contributed by atoms with van der Waals surface area (Å²) >= 11 is 0. The Kier molecular flexibility index (Phi) is 11.2. The zero-order chi connectivity index (χ0) is 18.6. The van der Waals surface area contributed by atoms with Crippen LogP contribution in [0.25, 0.3) is 0 Å². The standard InChI is InChI=1S/C20H28N4O2.HI/c1-3-5-11-22-20(21-4-2)24-14-16-8-6-9-17(13-16)19(25)23-15-18-10-7-12-26-18;/h6-10,12-13H,3-5,11,14-15H2,1-2H3,(H,23,25)(H2,21,22,24);1H. The highest BCUT2D eigenvalue weighted by atomic mass is 127. The second-order valence-electron chi connectivity index (χ2n) is 5.94. The van der Waals surface area contributed by atoms with Gasteiger partial charge in [-0.15, -0.1) is 24.0 Å². The van der Waals surface area contributed by atoms with Crippen molar-refractivity contribution in [3.8, 4) is 0 Å². The zero-order valence-electron chi connectivity index (χ0n) is 16.0. The third-order valence-corrected chi connectivity index (χ3v) is 3.78. The lowest BCUT2D eigenvalue weighted by Crippen LogP contribution is -2.37. The van der Waals surface area contributed by atoms with Crippen molar-refractivity contribution in [2.75, 3.05) is 13.1 Å². The van der Waals surface area contributed by atoms with Crippen LogP contribution in [0, 0.1) is 0 Å². The Morgan fingerprint density at radius 2 is 1.96 bits per heavy atom. The second-order valence-corrected chi connectivity index (χ2v) is 5.94. The van der Waals surface area contributed by atoms with Crippen LogP contribution >= 0.6 is 24.0 Å². The summed E-state index contributed by atoms with van der Waals surface area (Å²) in [7, 11) is 0. The summed E-state index contributed by atoms with van der Waals surface area (Å²) in [6.07, 6.45) is 3.84. The van der Waals surface area contributed by atoms with E-state index < -0.39 is 0 Å². The van der Waals surface area contributed by atoms with Crippen LogP contribution < -0.4 is 16.0 Å². The third-order valence-electron chi connectivity index (χ3n) is 3.78. The van der Waals surface area contributed by atoms with Crippen LogP contribution in [0.4, 0.5) is 0 Å². The number of nitrogens with zero attached hydrogens (tertiary/aromatic N) is 1. The minimum Gasteiger partial charge on any atom is -0.467 e. The Hall–Kier alpha value is -2.03. The number of hydrogen-bond acceptors (Lipinski definition) is 3. The van der Waals surface area contributed by atoms with Crippen molar-refractivity contribution >= 4 is 35.8 Å². The molecule has 0 bridgehead atoms. The maximum absolute atomic E-state index is 12.3. The van der Waals surface area contributed by atoms with E-state index in [1.54, 1.807) is 18.4 Å². The Morgan fingerprint density at radius 1 is 1.11 bits per heavy atom. The fourth-order valence-electron chi connectivity index (χ4n) is 2.39. The normalized spacial score (nSPS) is 10.8. The summed E-state index contributed by atoms with van der Waals surface area (Å²) in [4.78, 5) is 16.9. The average molecular weight is 484 g/mol. The lowest BCUT2D eigenvalue weighted by molar-refractivity contribution is 0.0948. The van der Waals surface area contributed by atoms with Gasteiger partial charge in [0.15, 0.2) is 5.96 Å². The topological polar surface area (TPSA) is 78.7 Å². The smallest absolute Gasteiger partial charge is 0.251 e. The molecule has 0 aliphatic carbocycles. The first-order valence-electron chi connectivity index (χ1n) is 9.14. The van der Waals surface area contributed by atoms with Gasteiger partial charge in [0.1, 0.15) is 5.76 Å². The molecule has 0 radical (unpaired) electrons. The summed E-state index contributed by atoms with van der Waals surface area (Å²) in [5.74, 6) is 1.40. The molecule has 0 aliphatic heterocycles. The van der Waals surface area contributed by atoms with Crippen LogP contribution in [0.1, 0.15) is 48.4 Å². The Bertz CT molecular complexity index is 702. The van der Waals surface area contributed by atoms with Gasteiger partial charge in [-0.05, 0) is 43.2 Å². The van der Waals surface area contributed by atoms with Gasteiger partial charge in [-0.25, -0.2) is 4.99 Å². The van der Waals surface area contributed by atoms with Crippen LogP contribution in [0.5, 0.6) is 0 Å². The minimum atomic E-state index is -0.125. The van der Waals surface area contributed by atoms with Gasteiger partial charge >= 0.3 is 0 Å². The highest BCUT2D eigenvalue weighted by molar-refractivity contribution is 14.0. The number of carbonyl (C=O) groups is 1. The molecule has 1 amide bonds. The predicted octanol–water partition coefficient (Wildman–Crippen LogP) is 3.68. The van der Waals surface area contributed by atoms with Gasteiger partial charge in [0, 0.05) is 18.7 Å². The first kappa shape index (κ1) is 23.0. The van der Waals surface area contributed by atoms with E-state index >= 15 is 0 Å². The van der Waals surface area contributed by atoms with E-state index in [0.717, 1.165) is 43.2 Å². The molecule has 3 N–H and O–H groups in total. The molecule has 0 saturated carbocycles. The van der Waals surface area contributed by atoms with Crippen molar-refractivity contribution in [3.63, 3.8) is 0 Å². The van der Waals surface area contributed by atoms with Crippen LogP contribution in [0.3, 0.4) is 0 Å². The maximum atomic E-state index is 12.3. The molecule has 7 heteroatoms. The molecule has 1 heterocycles. The quantitative estimate of drug-likeness (QED) is 0.220. The summed E-state index contributed by atoms with van der Waals surface area (Å²) in [6.45, 7) is 6.81. The largest absolute Gasteiger partial charge is 0.467 e. The van der Waals surface area contributed by atoms with Crippen molar-refractivity contribution in [2.24, 2.45) is 4.99 Å². The first-order valence-corrected chi connectivity index (χ1v) is 9.14. The molecule has 0 aliphatic rings. The van der Waals surface area contributed by atoms with Crippen LogP contribution in [0.2, 0.25) is 0 Å². The number of unbranched alkanes of at least 4 members (excludes halogenated alkanes) is 1. The molecule has 0 saturated heterocycles. The zero-order valence-corrected chi connectivity index (χ0v) is 18.3. The van der Waals surface area contributed by atoms with Crippen molar-refractivity contribution in [1.29, 1.82) is 0 Å². The van der Waals surface area contributed by atoms with E-state index in [0.29, 0.717) is 18.7 Å². The maximum Gasteiger partial charge on any atom is 0.251 e. The number of hydrogen-bond donors (Lipinski definition) is 3. The summed E-state index contributed by atoms with van der Waals surface area (Å²) in [5.41, 5.74) is 1.61. The van der Waals surface area contributed by atoms with Gasteiger partial charge in [0.05, 0.1) is 19.4 Å². The number of nitrogens with one attached hydrogen (secondary N) is 3. The number of amides is 1. The van der Waals surface area contributed by atoms with E-state index in [1.807, 2.05) is 31.2 Å². The lowest BCUT2D eigenvalue weighted by Gasteiger charge is -2.11. The van der Waals surface area contributed by atoms with Crippen molar-refractivity contribution < 1.29 is 9.21 Å². The molecule has 1 aromatic carbocycles. The second kappa shape index (κ2) is 13.2. The van der Waals surface area contributed by atoms with Crippen molar-refractivity contribution in [3.05, 3.63) is 59.5 Å². The van der Waals surface area contributed by atoms with Gasteiger partial charge in [0.25, 0.3) is 5.91 Å². The molecule has 2 rings (SSSR count). The number of halogens is 1. The number of furan rings is 1. The number of benzene rings is 1.